The number of halogens is 1. The molecule has 1 saturated carbocycles. The highest BCUT2D eigenvalue weighted by molar-refractivity contribution is 6.32. The third-order valence-electron chi connectivity index (χ3n) is 11.4. The zero-order chi connectivity index (χ0) is 37.0. The first kappa shape index (κ1) is 37.2. The fraction of sp³-hybridized carbons (Fsp3) is 0.455. The number of pyridine rings is 1. The van der Waals surface area contributed by atoms with Gasteiger partial charge in [-0.3, -0.25) is 14.8 Å². The average molecular weight is 735 g/mol. The van der Waals surface area contributed by atoms with Crippen LogP contribution in [-0.2, 0) is 19.8 Å². The molecule has 1 N–H and O–H groups in total. The number of aromatic nitrogens is 1. The lowest BCUT2D eigenvalue weighted by atomic mass is 9.93. The van der Waals surface area contributed by atoms with Crippen LogP contribution < -0.4 is 14.2 Å². The van der Waals surface area contributed by atoms with Crippen LogP contribution >= 0.6 is 11.6 Å². The van der Waals surface area contributed by atoms with E-state index in [0.29, 0.717) is 41.3 Å². The number of rotatable bonds is 14. The first-order valence-electron chi connectivity index (χ1n) is 19.1. The standard InChI is InChI=1S/C44H51ClN4O4/c1-30-8-4-5-16-49(30)24-36-19-40(45)43(20-42(36)51-26-34-18-33(21-46)22-47-23-34)52-27-35-9-6-10-38(31(35)2)39-11-7-12-41(32(39)3)53-29-44(14-15-44)28-48-17-13-37(50)25-48/h6-7,9-12,18-20,22-23,30,37,50H,4-5,8,13-17,24-29H2,1-3H3/t30-,37-/m1/s1. The van der Waals surface area contributed by atoms with Gasteiger partial charge in [0.1, 0.15) is 36.5 Å². The quantitative estimate of drug-likeness (QED) is 0.138. The SMILES string of the molecule is Cc1c(COc2cc(OCc3cncc(C#N)c3)c(CN3CCCC[C@H]3C)cc2Cl)cccc1-c1cccc(OCC2(CN3CC[C@@H](O)C3)CC2)c1C. The predicted octanol–water partition coefficient (Wildman–Crippen LogP) is 8.65. The number of nitriles is 1. The van der Waals surface area contributed by atoms with E-state index < -0.39 is 0 Å². The van der Waals surface area contributed by atoms with Gasteiger partial charge in [-0.15, -0.1) is 0 Å². The molecule has 3 heterocycles. The second-order valence-electron chi connectivity index (χ2n) is 15.5. The second-order valence-corrected chi connectivity index (χ2v) is 15.9. The van der Waals surface area contributed by atoms with E-state index in [4.69, 9.17) is 25.8 Å². The van der Waals surface area contributed by atoms with E-state index in [9.17, 15) is 10.4 Å². The summed E-state index contributed by atoms with van der Waals surface area (Å²) in [6, 6.07) is 21.0. The van der Waals surface area contributed by atoms with Gasteiger partial charge in [-0.05, 0) is 105 Å². The van der Waals surface area contributed by atoms with Gasteiger partial charge in [0.2, 0.25) is 0 Å². The molecular formula is C44H51ClN4O4. The number of piperidine rings is 1. The van der Waals surface area contributed by atoms with Crippen molar-refractivity contribution < 1.29 is 19.3 Å². The van der Waals surface area contributed by atoms with Gasteiger partial charge in [0.05, 0.1) is 23.3 Å². The average Bonchev–Trinajstić information content (AvgIpc) is 3.81. The number of hydrogen-bond donors (Lipinski definition) is 1. The maximum Gasteiger partial charge on any atom is 0.142 e. The maximum absolute atomic E-state index is 9.99. The van der Waals surface area contributed by atoms with Gasteiger partial charge >= 0.3 is 0 Å². The van der Waals surface area contributed by atoms with Crippen molar-refractivity contribution >= 4 is 11.6 Å². The van der Waals surface area contributed by atoms with Gasteiger partial charge in [0, 0.05) is 67.2 Å². The minimum Gasteiger partial charge on any atom is -0.493 e. The van der Waals surface area contributed by atoms with Gasteiger partial charge in [0.25, 0.3) is 0 Å². The fourth-order valence-electron chi connectivity index (χ4n) is 7.88. The lowest BCUT2D eigenvalue weighted by molar-refractivity contribution is 0.148. The highest BCUT2D eigenvalue weighted by atomic mass is 35.5. The molecule has 1 aliphatic carbocycles. The zero-order valence-electron chi connectivity index (χ0n) is 31.2. The molecule has 3 aliphatic rings. The molecule has 3 fully saturated rings. The van der Waals surface area contributed by atoms with Crippen LogP contribution in [0.15, 0.2) is 67.0 Å². The van der Waals surface area contributed by atoms with Crippen molar-refractivity contribution in [1.82, 2.24) is 14.8 Å². The molecule has 2 saturated heterocycles. The van der Waals surface area contributed by atoms with Crippen LogP contribution in [0, 0.1) is 30.6 Å². The number of aliphatic hydroxyl groups excluding tert-OH is 1. The molecule has 53 heavy (non-hydrogen) atoms. The molecule has 4 aromatic rings. The summed E-state index contributed by atoms with van der Waals surface area (Å²) < 4.78 is 19.4. The molecule has 0 bridgehead atoms. The first-order valence-corrected chi connectivity index (χ1v) is 19.5. The van der Waals surface area contributed by atoms with Crippen LogP contribution in [0.5, 0.6) is 17.2 Å². The van der Waals surface area contributed by atoms with Crippen LogP contribution in [0.2, 0.25) is 5.02 Å². The summed E-state index contributed by atoms with van der Waals surface area (Å²) >= 11 is 6.93. The number of hydrogen-bond acceptors (Lipinski definition) is 8. The summed E-state index contributed by atoms with van der Waals surface area (Å²) in [6.07, 6.45) is 9.92. The van der Waals surface area contributed by atoms with E-state index >= 15 is 0 Å². The topological polar surface area (TPSA) is 91.1 Å². The van der Waals surface area contributed by atoms with Gasteiger partial charge in [0.15, 0.2) is 0 Å². The summed E-state index contributed by atoms with van der Waals surface area (Å²) in [4.78, 5) is 9.08. The van der Waals surface area contributed by atoms with Crippen LogP contribution in [0.4, 0.5) is 0 Å². The number of β-amino-alcohol motifs (C(OH)–C–C–N with tert-alkyl or cyclic N) is 1. The van der Waals surface area contributed by atoms with Gasteiger partial charge < -0.3 is 19.3 Å². The molecule has 8 nitrogen and oxygen atoms in total. The Morgan fingerprint density at radius 2 is 1.68 bits per heavy atom. The lowest BCUT2D eigenvalue weighted by Gasteiger charge is -2.33. The molecule has 9 heteroatoms. The van der Waals surface area contributed by atoms with Crippen molar-refractivity contribution in [2.75, 3.05) is 32.8 Å². The molecule has 278 valence electrons. The summed E-state index contributed by atoms with van der Waals surface area (Å²) in [5.41, 5.74) is 8.17. The molecule has 3 aromatic carbocycles. The largest absolute Gasteiger partial charge is 0.493 e. The highest BCUT2D eigenvalue weighted by Crippen LogP contribution is 2.47. The van der Waals surface area contributed by atoms with Gasteiger partial charge in [-0.25, -0.2) is 0 Å². The van der Waals surface area contributed by atoms with Crippen LogP contribution in [-0.4, -0.2) is 64.8 Å². The lowest BCUT2D eigenvalue weighted by Crippen LogP contribution is -2.36. The predicted molar refractivity (Wildman–Crippen MR) is 208 cm³/mol. The van der Waals surface area contributed by atoms with Crippen molar-refractivity contribution in [3.8, 4) is 34.4 Å². The number of nitrogens with zero attached hydrogens (tertiary/aromatic N) is 4. The second kappa shape index (κ2) is 16.5. The third-order valence-corrected chi connectivity index (χ3v) is 11.7. The van der Waals surface area contributed by atoms with E-state index in [-0.39, 0.29) is 18.1 Å². The highest BCUT2D eigenvalue weighted by Gasteiger charge is 2.45. The Kier molecular flexibility index (Phi) is 11.6. The Labute approximate surface area is 319 Å². The van der Waals surface area contributed by atoms with E-state index in [0.717, 1.165) is 83.8 Å². The van der Waals surface area contributed by atoms with E-state index in [1.54, 1.807) is 18.5 Å². The van der Waals surface area contributed by atoms with Gasteiger partial charge in [-0.2, -0.15) is 5.26 Å². The van der Waals surface area contributed by atoms with Crippen molar-refractivity contribution in [1.29, 1.82) is 5.26 Å². The van der Waals surface area contributed by atoms with Crippen molar-refractivity contribution in [2.24, 2.45) is 5.41 Å². The summed E-state index contributed by atoms with van der Waals surface area (Å²) in [6.45, 7) is 12.4. The summed E-state index contributed by atoms with van der Waals surface area (Å²) in [7, 11) is 0. The molecule has 7 rings (SSSR count). The molecule has 1 aromatic heterocycles. The van der Waals surface area contributed by atoms with Crippen molar-refractivity contribution in [3.63, 3.8) is 0 Å². The van der Waals surface area contributed by atoms with Crippen LogP contribution in [0.1, 0.15) is 78.8 Å². The Balaban J connectivity index is 1.07. The first-order chi connectivity index (χ1) is 25.7. The van der Waals surface area contributed by atoms with E-state index in [1.165, 1.54) is 32.1 Å². The Morgan fingerprint density at radius 1 is 0.887 bits per heavy atom. The van der Waals surface area contributed by atoms with Gasteiger partial charge in [-0.1, -0.05) is 48.4 Å². The monoisotopic (exact) mass is 734 g/mol. The normalized spacial score (nSPS) is 19.8. The smallest absolute Gasteiger partial charge is 0.142 e. The zero-order valence-corrected chi connectivity index (χ0v) is 32.0. The number of benzene rings is 3. The molecular weight excluding hydrogens is 684 g/mol. The Hall–Kier alpha value is -4.13. The summed E-state index contributed by atoms with van der Waals surface area (Å²) in [5, 5.41) is 19.9. The fourth-order valence-corrected chi connectivity index (χ4v) is 8.12. The number of aliphatic hydroxyl groups is 1. The molecule has 0 spiro atoms. The number of likely N-dealkylation sites (tertiary alicyclic amines) is 2. The summed E-state index contributed by atoms with van der Waals surface area (Å²) in [5.74, 6) is 2.20. The molecule has 0 unspecified atom stereocenters. The number of ether oxygens (including phenoxy) is 3. The van der Waals surface area contributed by atoms with E-state index in [1.807, 2.05) is 12.1 Å². The maximum atomic E-state index is 9.99. The molecule has 0 radical (unpaired) electrons. The minimum atomic E-state index is -0.194. The Morgan fingerprint density at radius 3 is 2.43 bits per heavy atom. The third kappa shape index (κ3) is 8.99. The molecule has 0 amide bonds. The van der Waals surface area contributed by atoms with Crippen molar-refractivity contribution in [3.05, 3.63) is 105 Å². The van der Waals surface area contributed by atoms with Crippen molar-refractivity contribution in [2.45, 2.75) is 91.2 Å². The Bertz CT molecular complexity index is 1960. The molecule has 2 atom stereocenters. The van der Waals surface area contributed by atoms with E-state index in [2.05, 4.69) is 78.0 Å². The minimum absolute atomic E-state index is 0.190. The van der Waals surface area contributed by atoms with Crippen LogP contribution in [0.25, 0.3) is 11.1 Å². The van der Waals surface area contributed by atoms with Crippen LogP contribution in [0.3, 0.4) is 0 Å². The molecule has 2 aliphatic heterocycles.